The standard InChI is InChI=1S/C26H19Cl2N.CH4/c1-16-10-11-17(14-23(16)27)26(18-12-13-25(29)24(28)15-18)21-8-4-2-6-19(21)20-7-3-5-9-22(20)26;/h2-15H,29H2,1H3;1H4. The quantitative estimate of drug-likeness (QED) is 0.282. The third kappa shape index (κ3) is 2.77. The largest absolute Gasteiger partial charge is 0.398 e. The Morgan fingerprint density at radius 3 is 1.70 bits per heavy atom. The number of hydrogen-bond acceptors (Lipinski definition) is 1. The van der Waals surface area contributed by atoms with Gasteiger partial charge in [0.05, 0.1) is 16.1 Å². The molecule has 3 heteroatoms. The van der Waals surface area contributed by atoms with E-state index in [1.54, 1.807) is 0 Å². The highest BCUT2D eigenvalue weighted by Crippen LogP contribution is 2.56. The Labute approximate surface area is 188 Å². The zero-order valence-corrected chi connectivity index (χ0v) is 17.4. The number of fused-ring (bicyclic) bond motifs is 3. The van der Waals surface area contributed by atoms with Gasteiger partial charge in [-0.3, -0.25) is 0 Å². The summed E-state index contributed by atoms with van der Waals surface area (Å²) in [5, 5.41) is 1.31. The fourth-order valence-electron chi connectivity index (χ4n) is 4.61. The maximum absolute atomic E-state index is 6.61. The summed E-state index contributed by atoms with van der Waals surface area (Å²) in [5.74, 6) is 0. The van der Waals surface area contributed by atoms with Gasteiger partial charge >= 0.3 is 0 Å². The SMILES string of the molecule is C.Cc1ccc(C2(c3ccc(N)c(Cl)c3)c3ccccc3-c3ccccc32)cc1Cl. The first-order valence-electron chi connectivity index (χ1n) is 9.55. The van der Waals surface area contributed by atoms with Gasteiger partial charge in [-0.25, -0.2) is 0 Å². The Kier molecular flexibility index (Phi) is 5.13. The number of benzene rings is 4. The van der Waals surface area contributed by atoms with E-state index < -0.39 is 5.41 Å². The molecule has 0 unspecified atom stereocenters. The summed E-state index contributed by atoms with van der Waals surface area (Å²) in [7, 11) is 0. The van der Waals surface area contributed by atoms with Gasteiger partial charge in [-0.2, -0.15) is 0 Å². The average Bonchev–Trinajstić information content (AvgIpc) is 3.04. The van der Waals surface area contributed by atoms with Crippen molar-refractivity contribution in [3.63, 3.8) is 0 Å². The highest BCUT2D eigenvalue weighted by molar-refractivity contribution is 6.33. The van der Waals surface area contributed by atoms with Crippen LogP contribution in [0.2, 0.25) is 10.0 Å². The molecule has 0 amide bonds. The van der Waals surface area contributed by atoms with Gasteiger partial charge in [-0.15, -0.1) is 0 Å². The molecular formula is C27H23Cl2N. The lowest BCUT2D eigenvalue weighted by molar-refractivity contribution is 0.768. The normalized spacial score (nSPS) is 13.3. The Bertz CT molecular complexity index is 1160. The van der Waals surface area contributed by atoms with Gasteiger partial charge in [0.15, 0.2) is 0 Å². The molecule has 0 radical (unpaired) electrons. The minimum absolute atomic E-state index is 0. The second kappa shape index (κ2) is 7.50. The van der Waals surface area contributed by atoms with E-state index in [4.69, 9.17) is 28.9 Å². The summed E-state index contributed by atoms with van der Waals surface area (Å²) >= 11 is 13.1. The Hall–Kier alpha value is -2.74. The molecule has 4 aromatic rings. The van der Waals surface area contributed by atoms with Crippen LogP contribution in [0.1, 0.15) is 35.2 Å². The van der Waals surface area contributed by atoms with Gasteiger partial charge in [-0.05, 0) is 64.1 Å². The molecule has 0 aromatic heterocycles. The van der Waals surface area contributed by atoms with Gasteiger partial charge < -0.3 is 5.73 Å². The Morgan fingerprint density at radius 1 is 0.667 bits per heavy atom. The molecule has 0 atom stereocenters. The van der Waals surface area contributed by atoms with Crippen molar-refractivity contribution in [1.29, 1.82) is 0 Å². The van der Waals surface area contributed by atoms with Crippen molar-refractivity contribution >= 4 is 28.9 Å². The molecule has 4 aromatic carbocycles. The minimum atomic E-state index is -0.512. The summed E-state index contributed by atoms with van der Waals surface area (Å²) in [6.45, 7) is 2.02. The fraction of sp³-hybridized carbons (Fsp3) is 0.111. The first-order chi connectivity index (χ1) is 14.0. The summed E-state index contributed by atoms with van der Waals surface area (Å²) in [5.41, 5.74) is 14.3. The van der Waals surface area contributed by atoms with Crippen molar-refractivity contribution in [2.24, 2.45) is 0 Å². The van der Waals surface area contributed by atoms with E-state index in [2.05, 4.69) is 72.8 Å². The zero-order chi connectivity index (χ0) is 20.2. The topological polar surface area (TPSA) is 26.0 Å². The smallest absolute Gasteiger partial charge is 0.0714 e. The molecule has 1 nitrogen and oxygen atoms in total. The lowest BCUT2D eigenvalue weighted by Crippen LogP contribution is -2.28. The first kappa shape index (κ1) is 20.5. The van der Waals surface area contributed by atoms with Crippen molar-refractivity contribution in [2.75, 3.05) is 5.73 Å². The van der Waals surface area contributed by atoms with Crippen LogP contribution in [0.5, 0.6) is 0 Å². The number of nitrogens with two attached hydrogens (primary N) is 1. The molecule has 0 aliphatic heterocycles. The van der Waals surface area contributed by atoms with Crippen LogP contribution < -0.4 is 5.73 Å². The van der Waals surface area contributed by atoms with Gasteiger partial charge in [0.25, 0.3) is 0 Å². The lowest BCUT2D eigenvalue weighted by Gasteiger charge is -2.34. The van der Waals surface area contributed by atoms with Crippen LogP contribution in [0.4, 0.5) is 5.69 Å². The minimum Gasteiger partial charge on any atom is -0.398 e. The van der Waals surface area contributed by atoms with E-state index in [1.165, 1.54) is 22.3 Å². The van der Waals surface area contributed by atoms with Crippen molar-refractivity contribution in [3.05, 3.63) is 123 Å². The molecule has 2 N–H and O–H groups in total. The third-order valence-corrected chi connectivity index (χ3v) is 6.73. The number of nitrogen functional groups attached to an aromatic ring is 1. The van der Waals surface area contributed by atoms with Gasteiger partial charge in [-0.1, -0.05) is 97.4 Å². The van der Waals surface area contributed by atoms with Crippen LogP contribution in [-0.2, 0) is 5.41 Å². The number of hydrogen-bond donors (Lipinski definition) is 1. The number of anilines is 1. The van der Waals surface area contributed by atoms with E-state index in [9.17, 15) is 0 Å². The summed E-state index contributed by atoms with van der Waals surface area (Å²) in [4.78, 5) is 0. The number of aryl methyl sites for hydroxylation is 1. The average molecular weight is 432 g/mol. The molecule has 150 valence electrons. The summed E-state index contributed by atoms with van der Waals surface area (Å²) < 4.78 is 0. The summed E-state index contributed by atoms with van der Waals surface area (Å²) in [6.07, 6.45) is 0. The lowest BCUT2D eigenvalue weighted by atomic mass is 9.67. The molecule has 0 saturated carbocycles. The van der Waals surface area contributed by atoms with Gasteiger partial charge in [0.2, 0.25) is 0 Å². The molecule has 5 rings (SSSR count). The molecule has 1 aliphatic rings. The Morgan fingerprint density at radius 2 is 1.17 bits per heavy atom. The van der Waals surface area contributed by atoms with Gasteiger partial charge in [0, 0.05) is 5.02 Å². The molecule has 0 bridgehead atoms. The number of halogens is 2. The molecule has 0 heterocycles. The second-order valence-electron chi connectivity index (χ2n) is 7.54. The van der Waals surface area contributed by atoms with E-state index in [-0.39, 0.29) is 7.43 Å². The zero-order valence-electron chi connectivity index (χ0n) is 15.9. The van der Waals surface area contributed by atoms with E-state index >= 15 is 0 Å². The molecule has 0 spiro atoms. The van der Waals surface area contributed by atoms with Crippen molar-refractivity contribution in [1.82, 2.24) is 0 Å². The van der Waals surface area contributed by atoms with Crippen LogP contribution in [-0.4, -0.2) is 0 Å². The van der Waals surface area contributed by atoms with E-state index in [1.807, 2.05) is 19.1 Å². The molecule has 0 fully saturated rings. The first-order valence-corrected chi connectivity index (χ1v) is 10.3. The van der Waals surface area contributed by atoms with Crippen LogP contribution in [0.15, 0.2) is 84.9 Å². The van der Waals surface area contributed by atoms with Crippen LogP contribution in [0, 0.1) is 6.92 Å². The van der Waals surface area contributed by atoms with E-state index in [0.29, 0.717) is 10.7 Å². The highest BCUT2D eigenvalue weighted by atomic mass is 35.5. The predicted molar refractivity (Wildman–Crippen MR) is 130 cm³/mol. The Balaban J connectivity index is 0.00000218. The summed E-state index contributed by atoms with van der Waals surface area (Å²) in [6, 6.07) is 29.4. The molecule has 0 saturated heterocycles. The van der Waals surface area contributed by atoms with Crippen molar-refractivity contribution in [2.45, 2.75) is 19.8 Å². The molecule has 1 aliphatic carbocycles. The maximum atomic E-state index is 6.61. The van der Waals surface area contributed by atoms with Crippen molar-refractivity contribution in [3.8, 4) is 11.1 Å². The van der Waals surface area contributed by atoms with Gasteiger partial charge in [0.1, 0.15) is 0 Å². The molecular weight excluding hydrogens is 409 g/mol. The van der Waals surface area contributed by atoms with Crippen LogP contribution >= 0.6 is 23.2 Å². The monoisotopic (exact) mass is 431 g/mol. The third-order valence-electron chi connectivity index (χ3n) is 5.99. The number of rotatable bonds is 2. The molecule has 30 heavy (non-hydrogen) atoms. The van der Waals surface area contributed by atoms with Crippen molar-refractivity contribution < 1.29 is 0 Å². The van der Waals surface area contributed by atoms with E-state index in [0.717, 1.165) is 21.7 Å². The van der Waals surface area contributed by atoms with Crippen LogP contribution in [0.25, 0.3) is 11.1 Å². The van der Waals surface area contributed by atoms with Crippen LogP contribution in [0.3, 0.4) is 0 Å². The fourth-order valence-corrected chi connectivity index (χ4v) is 4.97. The second-order valence-corrected chi connectivity index (χ2v) is 8.36. The highest BCUT2D eigenvalue weighted by Gasteiger charge is 2.46. The maximum Gasteiger partial charge on any atom is 0.0714 e. The predicted octanol–water partition coefficient (Wildman–Crippen LogP) is 7.88.